The zero-order chi connectivity index (χ0) is 19.5. The summed E-state index contributed by atoms with van der Waals surface area (Å²) in [5.74, 6) is -0.0911. The van der Waals surface area contributed by atoms with Crippen molar-refractivity contribution >= 4 is 51.8 Å². The summed E-state index contributed by atoms with van der Waals surface area (Å²) in [6.07, 6.45) is -0.596. The van der Waals surface area contributed by atoms with Crippen molar-refractivity contribution in [2.75, 3.05) is 13.1 Å². The second-order valence-corrected chi connectivity index (χ2v) is 8.92. The van der Waals surface area contributed by atoms with E-state index in [0.717, 1.165) is 11.1 Å². The van der Waals surface area contributed by atoms with Gasteiger partial charge in [0.25, 0.3) is 5.91 Å². The first-order valence-corrected chi connectivity index (χ1v) is 10.4. The number of amidine groups is 1. The summed E-state index contributed by atoms with van der Waals surface area (Å²) in [5.41, 5.74) is 2.97. The van der Waals surface area contributed by atoms with Gasteiger partial charge < -0.3 is 4.84 Å². The molecule has 0 bridgehead atoms. The molecule has 3 heterocycles. The second kappa shape index (κ2) is 6.51. The van der Waals surface area contributed by atoms with Crippen molar-refractivity contribution in [2.24, 2.45) is 10.1 Å². The molecule has 0 aliphatic carbocycles. The van der Waals surface area contributed by atoms with Gasteiger partial charge in [0, 0.05) is 12.1 Å². The Balaban J connectivity index is 1.70. The van der Waals surface area contributed by atoms with Gasteiger partial charge in [-0.25, -0.2) is 0 Å². The van der Waals surface area contributed by atoms with Gasteiger partial charge in [-0.15, -0.1) is 0 Å². The fourth-order valence-electron chi connectivity index (χ4n) is 3.77. The van der Waals surface area contributed by atoms with Gasteiger partial charge >= 0.3 is 0 Å². The van der Waals surface area contributed by atoms with Crippen molar-refractivity contribution in [3.8, 4) is 0 Å². The third-order valence-electron chi connectivity index (χ3n) is 5.17. The molecule has 1 fully saturated rings. The van der Waals surface area contributed by atoms with E-state index in [-0.39, 0.29) is 5.91 Å². The van der Waals surface area contributed by atoms with Crippen LogP contribution >= 0.6 is 35.0 Å². The molecule has 0 radical (unpaired) electrons. The average Bonchev–Trinajstić information content (AvgIpc) is 3.34. The molecule has 8 heteroatoms. The minimum absolute atomic E-state index is 0.0911. The first kappa shape index (κ1) is 18.0. The van der Waals surface area contributed by atoms with E-state index in [1.165, 1.54) is 11.8 Å². The van der Waals surface area contributed by atoms with Gasteiger partial charge in [-0.1, -0.05) is 76.0 Å². The SMILES string of the molecule is Cc1ccc(C2ON=C(c3c(Cl)cccc3Cl)C23SC2=NCCN2C3=O)cc1. The molecule has 2 aromatic carbocycles. The van der Waals surface area contributed by atoms with Crippen LogP contribution in [0.3, 0.4) is 0 Å². The van der Waals surface area contributed by atoms with Crippen LogP contribution in [0, 0.1) is 6.92 Å². The molecule has 0 N–H and O–H groups in total. The lowest BCUT2D eigenvalue weighted by atomic mass is 9.86. The molecule has 3 aliphatic heterocycles. The Labute approximate surface area is 176 Å². The van der Waals surface area contributed by atoms with Gasteiger partial charge in [0.05, 0.1) is 16.6 Å². The number of hydrogen-bond donors (Lipinski definition) is 0. The highest BCUT2D eigenvalue weighted by molar-refractivity contribution is 8.17. The number of rotatable bonds is 2. The zero-order valence-electron chi connectivity index (χ0n) is 14.9. The molecule has 2 unspecified atom stereocenters. The number of aryl methyl sites for hydroxylation is 1. The third kappa shape index (κ3) is 2.44. The fraction of sp³-hybridized carbons (Fsp3) is 0.250. The van der Waals surface area contributed by atoms with E-state index in [9.17, 15) is 4.79 Å². The maximum absolute atomic E-state index is 13.6. The number of hydrogen-bond acceptors (Lipinski definition) is 5. The van der Waals surface area contributed by atoms with Crippen LogP contribution in [-0.4, -0.2) is 39.5 Å². The molecule has 3 aliphatic rings. The predicted molar refractivity (Wildman–Crippen MR) is 112 cm³/mol. The van der Waals surface area contributed by atoms with Crippen LogP contribution in [0.4, 0.5) is 0 Å². The number of halogens is 2. The lowest BCUT2D eigenvalue weighted by Gasteiger charge is -2.27. The highest BCUT2D eigenvalue weighted by Gasteiger charge is 2.65. The summed E-state index contributed by atoms with van der Waals surface area (Å²) >= 11 is 14.3. The first-order valence-electron chi connectivity index (χ1n) is 8.83. The largest absolute Gasteiger partial charge is 0.385 e. The number of carbonyl (C=O) groups excluding carboxylic acids is 1. The Kier molecular flexibility index (Phi) is 4.19. The molecule has 5 nitrogen and oxygen atoms in total. The predicted octanol–water partition coefficient (Wildman–Crippen LogP) is 4.46. The van der Waals surface area contributed by atoms with Crippen molar-refractivity contribution in [1.82, 2.24) is 4.90 Å². The van der Waals surface area contributed by atoms with Crippen LogP contribution in [0.25, 0.3) is 0 Å². The Morgan fingerprint density at radius 1 is 1.18 bits per heavy atom. The molecule has 2 atom stereocenters. The number of amides is 1. The summed E-state index contributed by atoms with van der Waals surface area (Å²) in [7, 11) is 0. The lowest BCUT2D eigenvalue weighted by molar-refractivity contribution is -0.129. The van der Waals surface area contributed by atoms with Crippen LogP contribution in [-0.2, 0) is 9.63 Å². The van der Waals surface area contributed by atoms with E-state index in [2.05, 4.69) is 10.1 Å². The van der Waals surface area contributed by atoms with E-state index < -0.39 is 10.9 Å². The number of carbonyl (C=O) groups is 1. The molecular weight excluding hydrogens is 417 g/mol. The lowest BCUT2D eigenvalue weighted by Crippen LogP contribution is -2.48. The number of thioether (sulfide) groups is 1. The Bertz CT molecular complexity index is 1030. The van der Waals surface area contributed by atoms with Crippen LogP contribution in [0.5, 0.6) is 0 Å². The number of nitrogens with zero attached hydrogens (tertiary/aromatic N) is 3. The zero-order valence-corrected chi connectivity index (χ0v) is 17.2. The summed E-state index contributed by atoms with van der Waals surface area (Å²) in [5, 5.41) is 5.91. The van der Waals surface area contributed by atoms with Gasteiger partial charge in [0.1, 0.15) is 5.71 Å². The minimum atomic E-state index is -1.11. The minimum Gasteiger partial charge on any atom is -0.385 e. The highest BCUT2D eigenvalue weighted by atomic mass is 35.5. The number of benzene rings is 2. The van der Waals surface area contributed by atoms with E-state index in [1.54, 1.807) is 23.1 Å². The number of fused-ring (bicyclic) bond motifs is 1. The van der Waals surface area contributed by atoms with E-state index in [1.807, 2.05) is 31.2 Å². The smallest absolute Gasteiger partial charge is 0.255 e. The Morgan fingerprint density at radius 3 is 2.57 bits per heavy atom. The molecule has 0 saturated carbocycles. The van der Waals surface area contributed by atoms with Crippen LogP contribution in [0.1, 0.15) is 22.8 Å². The highest BCUT2D eigenvalue weighted by Crippen LogP contribution is 2.54. The fourth-order valence-corrected chi connectivity index (χ4v) is 5.79. The molecule has 2 aromatic rings. The van der Waals surface area contributed by atoms with Gasteiger partial charge in [-0.05, 0) is 24.6 Å². The van der Waals surface area contributed by atoms with Crippen molar-refractivity contribution in [3.63, 3.8) is 0 Å². The molecule has 1 saturated heterocycles. The quantitative estimate of drug-likeness (QED) is 0.704. The maximum atomic E-state index is 13.6. The topological polar surface area (TPSA) is 54.3 Å². The van der Waals surface area contributed by atoms with Gasteiger partial charge in [-0.2, -0.15) is 0 Å². The molecule has 1 amide bonds. The molecule has 1 spiro atoms. The van der Waals surface area contributed by atoms with Crippen LogP contribution in [0.15, 0.2) is 52.6 Å². The summed E-state index contributed by atoms with van der Waals surface area (Å²) in [6.45, 7) is 3.19. The van der Waals surface area contributed by atoms with Crippen molar-refractivity contribution < 1.29 is 9.63 Å². The number of aliphatic imine (C=N–C) groups is 1. The van der Waals surface area contributed by atoms with Crippen molar-refractivity contribution in [2.45, 2.75) is 17.8 Å². The summed E-state index contributed by atoms with van der Waals surface area (Å²) in [4.78, 5) is 25.7. The maximum Gasteiger partial charge on any atom is 0.255 e. The van der Waals surface area contributed by atoms with E-state index >= 15 is 0 Å². The number of oxime groups is 1. The second-order valence-electron chi connectivity index (χ2n) is 6.89. The Hall–Kier alpha value is -2.02. The van der Waals surface area contributed by atoms with Gasteiger partial charge in [-0.3, -0.25) is 14.7 Å². The summed E-state index contributed by atoms with van der Waals surface area (Å²) < 4.78 is -1.11. The van der Waals surface area contributed by atoms with E-state index in [4.69, 9.17) is 28.0 Å². The normalized spacial score (nSPS) is 25.8. The molecule has 5 rings (SSSR count). The Morgan fingerprint density at radius 2 is 1.89 bits per heavy atom. The molecule has 142 valence electrons. The molecule has 0 aromatic heterocycles. The van der Waals surface area contributed by atoms with Crippen LogP contribution < -0.4 is 0 Å². The van der Waals surface area contributed by atoms with E-state index in [0.29, 0.717) is 39.6 Å². The first-order chi connectivity index (χ1) is 13.5. The molecular formula is C20H15Cl2N3O2S. The monoisotopic (exact) mass is 431 g/mol. The van der Waals surface area contributed by atoms with Crippen molar-refractivity contribution in [1.29, 1.82) is 0 Å². The average molecular weight is 432 g/mol. The summed E-state index contributed by atoms with van der Waals surface area (Å²) in [6, 6.07) is 13.2. The van der Waals surface area contributed by atoms with Gasteiger partial charge in [0.2, 0.25) is 0 Å². The van der Waals surface area contributed by atoms with Gasteiger partial charge in [0.15, 0.2) is 16.0 Å². The van der Waals surface area contributed by atoms with Crippen molar-refractivity contribution in [3.05, 3.63) is 69.2 Å². The standard InChI is InChI=1S/C20H15Cl2N3O2S/c1-11-5-7-12(8-6-11)17-20(18(26)25-10-9-23-19(25)28-20)16(24-27-17)15-13(21)3-2-4-14(15)22/h2-8,17H,9-10H2,1H3. The van der Waals surface area contributed by atoms with Crippen LogP contribution in [0.2, 0.25) is 10.0 Å². The third-order valence-corrected chi connectivity index (χ3v) is 7.23. The molecule has 28 heavy (non-hydrogen) atoms.